The third-order valence-corrected chi connectivity index (χ3v) is 5.51. The van der Waals surface area contributed by atoms with Crippen LogP contribution in [-0.4, -0.2) is 57.3 Å². The number of carboxylic acid groups (broad SMARTS) is 1. The highest BCUT2D eigenvalue weighted by atomic mass is 19.4. The lowest BCUT2D eigenvalue weighted by molar-refractivity contribution is -0.137. The monoisotopic (exact) mass is 466 g/mol. The van der Waals surface area contributed by atoms with Crippen LogP contribution in [0.15, 0.2) is 33.7 Å². The summed E-state index contributed by atoms with van der Waals surface area (Å²) in [6.45, 7) is 2.13. The highest BCUT2D eigenvalue weighted by molar-refractivity contribution is 5.74. The van der Waals surface area contributed by atoms with Crippen molar-refractivity contribution in [1.82, 2.24) is 14.6 Å². The van der Waals surface area contributed by atoms with Crippen molar-refractivity contribution in [3.8, 4) is 28.6 Å². The number of carbonyl (C=O) groups is 1. The zero-order valence-corrected chi connectivity index (χ0v) is 17.8. The lowest BCUT2D eigenvalue weighted by Crippen LogP contribution is -2.41. The fraction of sp³-hybridized carbons (Fsp3) is 0.381. The zero-order chi connectivity index (χ0) is 23.9. The first-order chi connectivity index (χ1) is 15.6. The summed E-state index contributed by atoms with van der Waals surface area (Å²) in [7, 11) is 1.25. The second kappa shape index (κ2) is 8.34. The number of pyridine rings is 1. The number of methoxy groups -OCH3 is 1. The number of fused-ring (bicyclic) bond motifs is 1. The van der Waals surface area contributed by atoms with E-state index in [1.165, 1.54) is 31.1 Å². The molecule has 0 spiro atoms. The number of aromatic nitrogens is 2. The maximum atomic E-state index is 13.2. The van der Waals surface area contributed by atoms with Gasteiger partial charge in [-0.05, 0) is 49.6 Å². The number of benzene rings is 1. The van der Waals surface area contributed by atoms with Crippen LogP contribution in [0.25, 0.3) is 22.8 Å². The van der Waals surface area contributed by atoms with Gasteiger partial charge in [-0.15, -0.1) is 0 Å². The Bertz CT molecular complexity index is 1230. The van der Waals surface area contributed by atoms with Crippen molar-refractivity contribution in [3.63, 3.8) is 0 Å². The van der Waals surface area contributed by atoms with E-state index in [0.29, 0.717) is 24.1 Å². The molecule has 1 aromatic carbocycles. The summed E-state index contributed by atoms with van der Waals surface area (Å²) in [5.41, 5.74) is -0.232. The average Bonchev–Trinajstić information content (AvgIpc) is 3.17. The molecule has 3 heterocycles. The van der Waals surface area contributed by atoms with Gasteiger partial charge in [0.05, 0.1) is 24.4 Å². The number of nitrogens with zero attached hydrogens (tertiary/aromatic N) is 4. The summed E-state index contributed by atoms with van der Waals surface area (Å²) in [5.74, 6) is 0.154. The van der Waals surface area contributed by atoms with Crippen molar-refractivity contribution in [2.24, 2.45) is 4.99 Å². The number of piperidine rings is 1. The highest BCUT2D eigenvalue weighted by Gasteiger charge is 2.33. The lowest BCUT2D eigenvalue weighted by atomic mass is 10.00. The molecule has 0 aromatic heterocycles. The number of hydrogen-bond donors (Lipinski definition) is 2. The van der Waals surface area contributed by atoms with Gasteiger partial charge in [-0.2, -0.15) is 22.9 Å². The van der Waals surface area contributed by atoms with Crippen molar-refractivity contribution < 1.29 is 37.4 Å². The van der Waals surface area contributed by atoms with E-state index in [1.807, 2.05) is 0 Å². The van der Waals surface area contributed by atoms with Crippen LogP contribution in [0.3, 0.4) is 0 Å². The summed E-state index contributed by atoms with van der Waals surface area (Å²) in [6, 6.07) is 4.50. The summed E-state index contributed by atoms with van der Waals surface area (Å²) in [4.78, 5) is 21.0. The van der Waals surface area contributed by atoms with Crippen molar-refractivity contribution in [1.29, 1.82) is 0 Å². The van der Waals surface area contributed by atoms with Crippen molar-refractivity contribution >= 4 is 6.09 Å². The Hall–Kier alpha value is -3.70. The minimum atomic E-state index is -4.55. The molecule has 0 radical (unpaired) electrons. The molecule has 4 rings (SSSR count). The molecule has 1 amide bonds. The molecule has 1 aromatic rings. The minimum absolute atomic E-state index is 0.0125. The molecule has 0 saturated carbocycles. The second-order valence-electron chi connectivity index (χ2n) is 7.74. The SMILES string of the molecule is COc1cc(C(F)(F)F)cc(C)c1-c1ccc2oc(=NC3CCCN(C(=O)O)C3)nc-2n1O. The molecule has 0 bridgehead atoms. The van der Waals surface area contributed by atoms with Crippen molar-refractivity contribution in [3.05, 3.63) is 41.1 Å². The van der Waals surface area contributed by atoms with Gasteiger partial charge in [0.1, 0.15) is 5.75 Å². The number of halogens is 3. The number of amides is 1. The van der Waals surface area contributed by atoms with E-state index in [1.54, 1.807) is 0 Å². The van der Waals surface area contributed by atoms with Crippen molar-refractivity contribution in [2.75, 3.05) is 20.2 Å². The van der Waals surface area contributed by atoms with E-state index in [2.05, 4.69) is 9.98 Å². The zero-order valence-electron chi connectivity index (χ0n) is 17.8. The van der Waals surface area contributed by atoms with E-state index in [4.69, 9.17) is 9.15 Å². The quantitative estimate of drug-likeness (QED) is 0.567. The number of aryl methyl sites for hydroxylation is 1. The Balaban J connectivity index is 1.76. The molecule has 0 aliphatic carbocycles. The molecule has 1 saturated heterocycles. The predicted molar refractivity (Wildman–Crippen MR) is 108 cm³/mol. The Labute approximate surface area is 185 Å². The maximum Gasteiger partial charge on any atom is 0.416 e. The summed E-state index contributed by atoms with van der Waals surface area (Å²) >= 11 is 0. The molecular weight excluding hydrogens is 445 g/mol. The number of rotatable bonds is 3. The Kier molecular flexibility index (Phi) is 5.68. The van der Waals surface area contributed by atoms with Gasteiger partial charge in [-0.3, -0.25) is 0 Å². The summed E-state index contributed by atoms with van der Waals surface area (Å²) < 4.78 is 51.0. The number of oxazole rings is 1. The van der Waals surface area contributed by atoms with Crippen LogP contribution in [0.2, 0.25) is 0 Å². The Morgan fingerprint density at radius 3 is 2.76 bits per heavy atom. The second-order valence-corrected chi connectivity index (χ2v) is 7.74. The highest BCUT2D eigenvalue weighted by Crippen LogP contribution is 2.40. The van der Waals surface area contributed by atoms with E-state index < -0.39 is 17.8 Å². The van der Waals surface area contributed by atoms with Gasteiger partial charge in [0.2, 0.25) is 5.82 Å². The van der Waals surface area contributed by atoms with Gasteiger partial charge in [0.15, 0.2) is 5.76 Å². The summed E-state index contributed by atoms with van der Waals surface area (Å²) in [5, 5.41) is 20.0. The first-order valence-electron chi connectivity index (χ1n) is 10.1. The molecule has 176 valence electrons. The van der Waals surface area contributed by atoms with Gasteiger partial charge in [-0.1, -0.05) is 0 Å². The number of hydrogen-bond acceptors (Lipinski definition) is 6. The van der Waals surface area contributed by atoms with E-state index in [-0.39, 0.29) is 52.4 Å². The number of alkyl halides is 3. The maximum absolute atomic E-state index is 13.2. The number of likely N-dealkylation sites (tertiary alicyclic amines) is 1. The molecule has 1 fully saturated rings. The Morgan fingerprint density at radius 2 is 2.09 bits per heavy atom. The normalized spacial score (nSPS) is 17.5. The van der Waals surface area contributed by atoms with E-state index >= 15 is 0 Å². The molecule has 1 unspecified atom stereocenters. The average molecular weight is 466 g/mol. The van der Waals surface area contributed by atoms with Crippen LogP contribution in [0.4, 0.5) is 18.0 Å². The molecule has 2 N–H and O–H groups in total. The van der Waals surface area contributed by atoms with Crippen LogP contribution in [0.5, 0.6) is 5.75 Å². The van der Waals surface area contributed by atoms with Crippen LogP contribution in [0, 0.1) is 6.92 Å². The smallest absolute Gasteiger partial charge is 0.416 e. The van der Waals surface area contributed by atoms with E-state index in [0.717, 1.165) is 12.1 Å². The van der Waals surface area contributed by atoms with Crippen LogP contribution < -0.4 is 10.4 Å². The predicted octanol–water partition coefficient (Wildman–Crippen LogP) is 3.86. The molecule has 3 aliphatic rings. The van der Waals surface area contributed by atoms with Gasteiger partial charge < -0.3 is 24.4 Å². The van der Waals surface area contributed by atoms with E-state index in [9.17, 15) is 28.3 Å². The standard InChI is InChI=1S/C21H21F3N4O5/c1-11-8-12(21(22,23)24)9-16(32-2)17(11)14-5-6-15-18(28(14)31)26-19(33-15)25-13-4-3-7-27(10-13)20(29)30/h5-6,8-9,13,31H,3-4,7,10H2,1-2H3,(H,29,30). The van der Waals surface area contributed by atoms with Gasteiger partial charge in [-0.25, -0.2) is 9.79 Å². The van der Waals surface area contributed by atoms with Gasteiger partial charge >= 0.3 is 18.0 Å². The summed E-state index contributed by atoms with van der Waals surface area (Å²) in [6.07, 6.45) is -4.26. The van der Waals surface area contributed by atoms with Crippen LogP contribution in [0.1, 0.15) is 24.0 Å². The molecule has 1 atom stereocenters. The minimum Gasteiger partial charge on any atom is -0.496 e. The topological polar surface area (TPSA) is 113 Å². The largest absolute Gasteiger partial charge is 0.496 e. The molecule has 33 heavy (non-hydrogen) atoms. The number of ether oxygens (including phenoxy) is 1. The van der Waals surface area contributed by atoms with Crippen LogP contribution >= 0.6 is 0 Å². The van der Waals surface area contributed by atoms with Gasteiger partial charge in [0.25, 0.3) is 0 Å². The van der Waals surface area contributed by atoms with Crippen LogP contribution in [-0.2, 0) is 6.18 Å². The Morgan fingerprint density at radius 1 is 1.33 bits per heavy atom. The third-order valence-electron chi connectivity index (χ3n) is 5.51. The first-order valence-corrected chi connectivity index (χ1v) is 10.1. The fourth-order valence-corrected chi connectivity index (χ4v) is 3.95. The lowest BCUT2D eigenvalue weighted by Gasteiger charge is -2.27. The van der Waals surface area contributed by atoms with Gasteiger partial charge in [0, 0.05) is 18.7 Å². The molecule has 9 nitrogen and oxygen atoms in total. The third kappa shape index (κ3) is 4.32. The molecule has 12 heteroatoms. The first kappa shape index (κ1) is 22.5. The molecular formula is C21H21F3N4O5. The fourth-order valence-electron chi connectivity index (χ4n) is 3.95. The molecule has 3 aliphatic heterocycles. The van der Waals surface area contributed by atoms with Crippen molar-refractivity contribution in [2.45, 2.75) is 32.0 Å².